The topological polar surface area (TPSA) is 69.1 Å². The van der Waals surface area contributed by atoms with Crippen molar-refractivity contribution in [2.24, 2.45) is 0 Å². The van der Waals surface area contributed by atoms with Crippen LogP contribution in [0.3, 0.4) is 0 Å². The molecule has 1 spiro atoms. The molecule has 5 heteroatoms. The van der Waals surface area contributed by atoms with Gasteiger partial charge < -0.3 is 14.6 Å². The first-order valence-electron chi connectivity index (χ1n) is 9.53. The number of carbonyl (C=O) groups excluding carboxylic acids is 1. The fourth-order valence-corrected chi connectivity index (χ4v) is 4.62. The maximum absolute atomic E-state index is 13.1. The predicted octanol–water partition coefficient (Wildman–Crippen LogP) is 3.47. The average molecular weight is 351 g/mol. The number of carbonyl (C=O) groups is 1. The molecule has 2 saturated heterocycles. The highest BCUT2D eigenvalue weighted by Crippen LogP contribution is 2.38. The molecular formula is C21H25N3O2. The predicted molar refractivity (Wildman–Crippen MR) is 99.6 cm³/mol. The number of piperidine rings is 1. The number of fused-ring (bicyclic) bond motifs is 1. The summed E-state index contributed by atoms with van der Waals surface area (Å²) in [5.74, 6) is 0.0206. The van der Waals surface area contributed by atoms with Crippen LogP contribution < -0.4 is 0 Å². The van der Waals surface area contributed by atoms with Gasteiger partial charge in [-0.2, -0.15) is 5.26 Å². The van der Waals surface area contributed by atoms with Crippen molar-refractivity contribution in [3.8, 4) is 6.07 Å². The van der Waals surface area contributed by atoms with Gasteiger partial charge in [0.05, 0.1) is 12.5 Å². The summed E-state index contributed by atoms with van der Waals surface area (Å²) in [6.07, 6.45) is 7.01. The van der Waals surface area contributed by atoms with Crippen molar-refractivity contribution in [3.05, 3.63) is 35.5 Å². The first-order chi connectivity index (χ1) is 12.6. The van der Waals surface area contributed by atoms with Gasteiger partial charge >= 0.3 is 0 Å². The van der Waals surface area contributed by atoms with Crippen LogP contribution in [0.4, 0.5) is 0 Å². The van der Waals surface area contributed by atoms with Gasteiger partial charge in [0, 0.05) is 30.3 Å². The molecule has 3 heterocycles. The minimum atomic E-state index is -0.476. The van der Waals surface area contributed by atoms with E-state index in [0.717, 1.165) is 48.6 Å². The third-order valence-corrected chi connectivity index (χ3v) is 5.99. The Morgan fingerprint density at radius 2 is 2.23 bits per heavy atom. The highest BCUT2D eigenvalue weighted by molar-refractivity contribution is 5.90. The third-order valence-electron chi connectivity index (χ3n) is 5.99. The number of hydrogen-bond donors (Lipinski definition) is 1. The molecule has 0 bridgehead atoms. The van der Waals surface area contributed by atoms with Crippen molar-refractivity contribution in [3.63, 3.8) is 0 Å². The molecule has 2 fully saturated rings. The van der Waals surface area contributed by atoms with Gasteiger partial charge in [-0.1, -0.05) is 18.2 Å². The van der Waals surface area contributed by atoms with Crippen molar-refractivity contribution in [2.45, 2.75) is 57.1 Å². The number of aryl methyl sites for hydroxylation is 1. The van der Waals surface area contributed by atoms with Crippen molar-refractivity contribution in [2.75, 3.05) is 13.2 Å². The Labute approximate surface area is 153 Å². The van der Waals surface area contributed by atoms with Gasteiger partial charge in [0.2, 0.25) is 5.91 Å². The largest absolute Gasteiger partial charge is 0.372 e. The van der Waals surface area contributed by atoms with Crippen molar-refractivity contribution >= 4 is 16.8 Å². The van der Waals surface area contributed by atoms with E-state index in [1.165, 1.54) is 5.56 Å². The van der Waals surface area contributed by atoms with Crippen LogP contribution in [0.5, 0.6) is 0 Å². The van der Waals surface area contributed by atoms with E-state index in [2.05, 4.69) is 24.0 Å². The minimum absolute atomic E-state index is 0.0206. The molecule has 2 aliphatic heterocycles. The minimum Gasteiger partial charge on any atom is -0.372 e. The van der Waals surface area contributed by atoms with E-state index in [9.17, 15) is 10.1 Å². The highest BCUT2D eigenvalue weighted by atomic mass is 16.5. The van der Waals surface area contributed by atoms with Crippen LogP contribution in [0.25, 0.3) is 10.9 Å². The first kappa shape index (κ1) is 17.1. The number of nitrogens with zero attached hydrogens (tertiary/aromatic N) is 2. The molecule has 26 heavy (non-hydrogen) atoms. The second kappa shape index (κ2) is 6.77. The second-order valence-corrected chi connectivity index (χ2v) is 7.58. The molecule has 1 N–H and O–H groups in total. The number of aromatic nitrogens is 1. The summed E-state index contributed by atoms with van der Waals surface area (Å²) >= 11 is 0. The Hall–Kier alpha value is -2.32. The van der Waals surface area contributed by atoms with Gasteiger partial charge in [-0.3, -0.25) is 4.79 Å². The van der Waals surface area contributed by atoms with Gasteiger partial charge in [-0.05, 0) is 50.2 Å². The van der Waals surface area contributed by atoms with E-state index in [-0.39, 0.29) is 5.91 Å². The zero-order chi connectivity index (χ0) is 18.1. The molecule has 0 radical (unpaired) electrons. The molecule has 2 atom stereocenters. The number of hydrogen-bond acceptors (Lipinski definition) is 3. The summed E-state index contributed by atoms with van der Waals surface area (Å²) in [6, 6.07) is 8.04. The summed E-state index contributed by atoms with van der Waals surface area (Å²) in [5, 5.41) is 10.9. The number of benzene rings is 1. The van der Waals surface area contributed by atoms with E-state index < -0.39 is 11.6 Å². The first-order valence-corrected chi connectivity index (χ1v) is 9.53. The quantitative estimate of drug-likeness (QED) is 0.901. The SMILES string of the molecule is Cc1cccc2c(CC(=O)N3CCC[C@]4(CCCCO4)[C@@H]3C#N)c[nH]c12. The van der Waals surface area contributed by atoms with E-state index in [1.54, 1.807) is 4.90 Å². The Morgan fingerprint density at radius 3 is 3.00 bits per heavy atom. The van der Waals surface area contributed by atoms with Crippen LogP contribution in [0.2, 0.25) is 0 Å². The Balaban J connectivity index is 1.58. The number of rotatable bonds is 2. The van der Waals surface area contributed by atoms with Crippen LogP contribution in [-0.2, 0) is 16.0 Å². The zero-order valence-corrected chi connectivity index (χ0v) is 15.3. The monoisotopic (exact) mass is 351 g/mol. The van der Waals surface area contributed by atoms with Gasteiger partial charge in [0.1, 0.15) is 11.6 Å². The van der Waals surface area contributed by atoms with Crippen molar-refractivity contribution < 1.29 is 9.53 Å². The number of ether oxygens (including phenoxy) is 1. The number of amides is 1. The Bertz CT molecular complexity index is 852. The van der Waals surface area contributed by atoms with Gasteiger partial charge in [-0.25, -0.2) is 0 Å². The maximum Gasteiger partial charge on any atom is 0.228 e. The summed E-state index contributed by atoms with van der Waals surface area (Å²) in [5.41, 5.74) is 2.79. The van der Waals surface area contributed by atoms with Gasteiger partial charge in [0.15, 0.2) is 0 Å². The Kier molecular flexibility index (Phi) is 4.46. The molecule has 136 valence electrons. The summed E-state index contributed by atoms with van der Waals surface area (Å²) < 4.78 is 6.09. The molecule has 2 aliphatic rings. The smallest absolute Gasteiger partial charge is 0.228 e. The molecule has 1 aromatic carbocycles. The lowest BCUT2D eigenvalue weighted by molar-refractivity contribution is -0.158. The van der Waals surface area contributed by atoms with E-state index in [0.29, 0.717) is 19.6 Å². The summed E-state index contributed by atoms with van der Waals surface area (Å²) in [7, 11) is 0. The number of H-pyrrole nitrogens is 1. The van der Waals surface area contributed by atoms with Crippen LogP contribution in [-0.4, -0.2) is 40.6 Å². The van der Waals surface area contributed by atoms with Gasteiger partial charge in [-0.15, -0.1) is 0 Å². The van der Waals surface area contributed by atoms with Gasteiger partial charge in [0.25, 0.3) is 0 Å². The fourth-order valence-electron chi connectivity index (χ4n) is 4.62. The normalized spacial score (nSPS) is 26.2. The zero-order valence-electron chi connectivity index (χ0n) is 15.3. The lowest BCUT2D eigenvalue weighted by atomic mass is 9.79. The van der Waals surface area contributed by atoms with E-state index in [4.69, 9.17) is 4.74 Å². The number of para-hydroxylation sites is 1. The van der Waals surface area contributed by atoms with Crippen LogP contribution in [0.15, 0.2) is 24.4 Å². The second-order valence-electron chi connectivity index (χ2n) is 7.58. The molecule has 4 rings (SSSR count). The van der Waals surface area contributed by atoms with Crippen LogP contribution >= 0.6 is 0 Å². The fraction of sp³-hybridized carbons (Fsp3) is 0.524. The molecule has 2 aromatic rings. The average Bonchev–Trinajstić information content (AvgIpc) is 3.06. The van der Waals surface area contributed by atoms with E-state index >= 15 is 0 Å². The molecule has 1 amide bonds. The van der Waals surface area contributed by atoms with Crippen molar-refractivity contribution in [1.82, 2.24) is 9.88 Å². The molecule has 1 aromatic heterocycles. The molecule has 0 saturated carbocycles. The lowest BCUT2D eigenvalue weighted by Crippen LogP contribution is -2.60. The summed E-state index contributed by atoms with van der Waals surface area (Å²) in [6.45, 7) is 3.40. The third kappa shape index (κ3) is 2.79. The number of aromatic amines is 1. The number of nitriles is 1. The molecule has 5 nitrogen and oxygen atoms in total. The molecule has 0 unspecified atom stereocenters. The number of nitrogens with one attached hydrogen (secondary N) is 1. The lowest BCUT2D eigenvalue weighted by Gasteiger charge is -2.48. The standard InChI is InChI=1S/C21H25N3O2/c1-15-6-4-7-17-16(14-23-20(15)17)12-19(25)24-10-5-9-21(18(24)13-22)8-2-3-11-26-21/h4,6-7,14,18,23H,2-3,5,8-12H2,1H3/t18-,21+/m0/s1. The number of likely N-dealkylation sites (tertiary alicyclic amines) is 1. The van der Waals surface area contributed by atoms with Crippen LogP contribution in [0.1, 0.15) is 43.2 Å². The van der Waals surface area contributed by atoms with Crippen LogP contribution in [0, 0.1) is 18.3 Å². The molecular weight excluding hydrogens is 326 g/mol. The van der Waals surface area contributed by atoms with E-state index in [1.807, 2.05) is 18.3 Å². The summed E-state index contributed by atoms with van der Waals surface area (Å²) in [4.78, 5) is 18.1. The molecule has 0 aliphatic carbocycles. The Morgan fingerprint density at radius 1 is 1.38 bits per heavy atom. The van der Waals surface area contributed by atoms with Crippen molar-refractivity contribution in [1.29, 1.82) is 5.26 Å². The maximum atomic E-state index is 13.1. The highest BCUT2D eigenvalue weighted by Gasteiger charge is 2.48.